The van der Waals surface area contributed by atoms with Crippen LogP contribution in [-0.4, -0.2) is 28.0 Å². The third-order valence-corrected chi connectivity index (χ3v) is 3.98. The molecular weight excluding hydrogens is 366 g/mol. The van der Waals surface area contributed by atoms with Crippen molar-refractivity contribution in [2.75, 3.05) is 6.61 Å². The van der Waals surface area contributed by atoms with Crippen LogP contribution in [0.3, 0.4) is 0 Å². The van der Waals surface area contributed by atoms with Crippen molar-refractivity contribution in [1.29, 1.82) is 0 Å². The van der Waals surface area contributed by atoms with Gasteiger partial charge >= 0.3 is 6.18 Å². The number of hydrogen-bond acceptors (Lipinski definition) is 2. The molecule has 1 amide bonds. The quantitative estimate of drug-likeness (QED) is 0.738. The SMILES string of the molecule is Cc1c/c(=N\C(=O)c2cccc(C(F)(F)F)c2F)n(CCOC(C)C)n1C. The molecule has 2 aromatic rings. The lowest BCUT2D eigenvalue weighted by atomic mass is 10.1. The molecule has 2 rings (SSSR count). The monoisotopic (exact) mass is 387 g/mol. The van der Waals surface area contributed by atoms with Crippen LogP contribution in [0.25, 0.3) is 0 Å². The van der Waals surface area contributed by atoms with Gasteiger partial charge in [0.25, 0.3) is 5.91 Å². The number of hydrogen-bond donors (Lipinski definition) is 0. The predicted octanol–water partition coefficient (Wildman–Crippen LogP) is 3.46. The summed E-state index contributed by atoms with van der Waals surface area (Å²) < 4.78 is 61.5. The van der Waals surface area contributed by atoms with E-state index in [1.165, 1.54) is 0 Å². The molecule has 0 aliphatic carbocycles. The molecule has 0 atom stereocenters. The highest BCUT2D eigenvalue weighted by Gasteiger charge is 2.35. The Morgan fingerprint density at radius 1 is 1.30 bits per heavy atom. The fourth-order valence-corrected chi connectivity index (χ4v) is 2.51. The molecule has 1 aromatic heterocycles. The maximum absolute atomic E-state index is 14.2. The molecule has 27 heavy (non-hydrogen) atoms. The molecule has 5 nitrogen and oxygen atoms in total. The zero-order chi connectivity index (χ0) is 20.4. The lowest BCUT2D eigenvalue weighted by molar-refractivity contribution is -0.140. The second-order valence-corrected chi connectivity index (χ2v) is 6.29. The van der Waals surface area contributed by atoms with Crippen molar-refractivity contribution in [2.24, 2.45) is 12.0 Å². The van der Waals surface area contributed by atoms with E-state index in [4.69, 9.17) is 4.74 Å². The second-order valence-electron chi connectivity index (χ2n) is 6.29. The molecule has 148 valence electrons. The number of carbonyl (C=O) groups is 1. The highest BCUT2D eigenvalue weighted by atomic mass is 19.4. The number of aromatic nitrogens is 2. The summed E-state index contributed by atoms with van der Waals surface area (Å²) in [5.74, 6) is -2.70. The van der Waals surface area contributed by atoms with E-state index in [1.807, 2.05) is 13.8 Å². The van der Waals surface area contributed by atoms with E-state index in [9.17, 15) is 22.4 Å². The first kappa shape index (κ1) is 20.9. The van der Waals surface area contributed by atoms with Crippen LogP contribution in [0, 0.1) is 12.7 Å². The normalized spacial score (nSPS) is 12.9. The minimum atomic E-state index is -4.89. The predicted molar refractivity (Wildman–Crippen MR) is 90.5 cm³/mol. The fourth-order valence-electron chi connectivity index (χ4n) is 2.51. The Morgan fingerprint density at radius 2 is 1.96 bits per heavy atom. The number of aryl methyl sites for hydroxylation is 1. The van der Waals surface area contributed by atoms with Crippen molar-refractivity contribution in [2.45, 2.75) is 39.6 Å². The molecular formula is C18H21F4N3O2. The van der Waals surface area contributed by atoms with E-state index >= 15 is 0 Å². The Balaban J connectivity index is 2.42. The van der Waals surface area contributed by atoms with Crippen LogP contribution in [0.1, 0.15) is 35.5 Å². The summed E-state index contributed by atoms with van der Waals surface area (Å²) in [7, 11) is 1.75. The molecule has 9 heteroatoms. The van der Waals surface area contributed by atoms with Gasteiger partial charge in [0.05, 0.1) is 30.4 Å². The molecule has 1 aromatic carbocycles. The maximum atomic E-state index is 14.2. The minimum Gasteiger partial charge on any atom is -0.377 e. The molecule has 0 saturated carbocycles. The van der Waals surface area contributed by atoms with Gasteiger partial charge < -0.3 is 4.74 Å². The van der Waals surface area contributed by atoms with Gasteiger partial charge in [0, 0.05) is 18.8 Å². The van der Waals surface area contributed by atoms with Gasteiger partial charge in [-0.3, -0.25) is 14.2 Å². The Morgan fingerprint density at radius 3 is 2.56 bits per heavy atom. The topological polar surface area (TPSA) is 48.5 Å². The molecule has 0 saturated heterocycles. The van der Waals surface area contributed by atoms with Crippen LogP contribution in [0.15, 0.2) is 29.3 Å². The number of nitrogens with zero attached hydrogens (tertiary/aromatic N) is 3. The van der Waals surface area contributed by atoms with Crippen molar-refractivity contribution in [1.82, 2.24) is 9.36 Å². The minimum absolute atomic E-state index is 0.0215. The average Bonchev–Trinajstić information content (AvgIpc) is 2.81. The van der Waals surface area contributed by atoms with Crippen LogP contribution < -0.4 is 5.49 Å². The number of carbonyl (C=O) groups excluding carboxylic acids is 1. The van der Waals surface area contributed by atoms with E-state index in [0.717, 1.165) is 17.8 Å². The standard InChI is InChI=1S/C18H21F4N3O2/c1-11(2)27-9-8-25-15(10-12(3)24(25)4)23-17(26)13-6-5-7-14(16(13)19)18(20,21)22/h5-7,10-11H,8-9H2,1-4H3/b23-15+. The van der Waals surface area contributed by atoms with Crippen molar-refractivity contribution in [3.8, 4) is 0 Å². The molecule has 0 aliphatic heterocycles. The maximum Gasteiger partial charge on any atom is 0.419 e. The van der Waals surface area contributed by atoms with Gasteiger partial charge in [-0.1, -0.05) is 6.07 Å². The van der Waals surface area contributed by atoms with Crippen LogP contribution in [-0.2, 0) is 24.5 Å². The van der Waals surface area contributed by atoms with Crippen LogP contribution in [0.5, 0.6) is 0 Å². The van der Waals surface area contributed by atoms with E-state index in [0.29, 0.717) is 19.2 Å². The highest BCUT2D eigenvalue weighted by molar-refractivity contribution is 5.95. The van der Waals surface area contributed by atoms with Gasteiger partial charge in [0.2, 0.25) is 0 Å². The summed E-state index contributed by atoms with van der Waals surface area (Å²) in [5.41, 5.74) is -1.23. The van der Waals surface area contributed by atoms with Gasteiger partial charge in [-0.15, -0.1) is 0 Å². The highest BCUT2D eigenvalue weighted by Crippen LogP contribution is 2.32. The van der Waals surface area contributed by atoms with E-state index < -0.39 is 29.0 Å². The van der Waals surface area contributed by atoms with Crippen molar-refractivity contribution < 1.29 is 27.1 Å². The van der Waals surface area contributed by atoms with E-state index in [-0.39, 0.29) is 11.6 Å². The number of halogens is 4. The number of amides is 1. The summed E-state index contributed by atoms with van der Waals surface area (Å²) in [4.78, 5) is 16.2. The van der Waals surface area contributed by atoms with Gasteiger partial charge in [0.1, 0.15) is 5.82 Å². The van der Waals surface area contributed by atoms with Gasteiger partial charge in [-0.25, -0.2) is 4.39 Å². The lowest BCUT2D eigenvalue weighted by Gasteiger charge is -2.12. The summed E-state index contributed by atoms with van der Waals surface area (Å²) in [6, 6.07) is 4.15. The fraction of sp³-hybridized carbons (Fsp3) is 0.444. The Hall–Kier alpha value is -2.42. The molecule has 0 aliphatic rings. The Labute approximate surface area is 153 Å². The molecule has 1 heterocycles. The first-order chi connectivity index (χ1) is 12.5. The van der Waals surface area contributed by atoms with Crippen LogP contribution in [0.2, 0.25) is 0 Å². The summed E-state index contributed by atoms with van der Waals surface area (Å²) in [5, 5.41) is 0. The smallest absolute Gasteiger partial charge is 0.377 e. The van der Waals surface area contributed by atoms with E-state index in [2.05, 4.69) is 4.99 Å². The third kappa shape index (κ3) is 4.85. The summed E-state index contributed by atoms with van der Waals surface area (Å²) in [6.07, 6.45) is -4.87. The van der Waals surface area contributed by atoms with Crippen molar-refractivity contribution in [3.05, 3.63) is 52.4 Å². The van der Waals surface area contributed by atoms with Crippen LogP contribution >= 0.6 is 0 Å². The molecule has 0 fully saturated rings. The summed E-state index contributed by atoms with van der Waals surface area (Å²) in [6.45, 7) is 6.28. The van der Waals surface area contributed by atoms with Gasteiger partial charge in [0.15, 0.2) is 5.49 Å². The van der Waals surface area contributed by atoms with E-state index in [1.54, 1.807) is 29.4 Å². The first-order valence-corrected chi connectivity index (χ1v) is 8.32. The number of benzene rings is 1. The Bertz CT molecular complexity index is 895. The molecule has 0 spiro atoms. The molecule has 0 radical (unpaired) electrons. The third-order valence-electron chi connectivity index (χ3n) is 3.98. The van der Waals surface area contributed by atoms with Crippen molar-refractivity contribution in [3.63, 3.8) is 0 Å². The number of alkyl halides is 3. The first-order valence-electron chi connectivity index (χ1n) is 8.32. The molecule has 0 unspecified atom stereocenters. The van der Waals surface area contributed by atoms with Crippen LogP contribution in [0.4, 0.5) is 17.6 Å². The van der Waals surface area contributed by atoms with Crippen molar-refractivity contribution >= 4 is 5.91 Å². The average molecular weight is 387 g/mol. The zero-order valence-electron chi connectivity index (χ0n) is 15.5. The molecule has 0 N–H and O–H groups in total. The second kappa shape index (κ2) is 8.08. The lowest BCUT2D eigenvalue weighted by Crippen LogP contribution is -2.27. The summed E-state index contributed by atoms with van der Waals surface area (Å²) >= 11 is 0. The zero-order valence-corrected chi connectivity index (χ0v) is 15.5. The van der Waals surface area contributed by atoms with Gasteiger partial charge in [-0.2, -0.15) is 18.2 Å². The number of rotatable bonds is 5. The largest absolute Gasteiger partial charge is 0.419 e. The Kier molecular flexibility index (Phi) is 6.25. The molecule has 0 bridgehead atoms. The van der Waals surface area contributed by atoms with Gasteiger partial charge in [-0.05, 0) is 32.9 Å². The number of ether oxygens (including phenoxy) is 1.